The van der Waals surface area contributed by atoms with Crippen LogP contribution in [0, 0.1) is 83.1 Å². The van der Waals surface area contributed by atoms with Gasteiger partial charge in [-0.15, -0.1) is 0 Å². The second-order valence-corrected chi connectivity index (χ2v) is 40.5. The van der Waals surface area contributed by atoms with Crippen LogP contribution in [0.25, 0.3) is 144 Å². The van der Waals surface area contributed by atoms with E-state index in [2.05, 4.69) is 174 Å². The summed E-state index contributed by atoms with van der Waals surface area (Å²) in [6.07, 6.45) is 24.7. The van der Waals surface area contributed by atoms with Crippen molar-refractivity contribution in [2.75, 3.05) is 5.73 Å². The number of anilines is 1. The molecule has 23 rings (SSSR count). The van der Waals surface area contributed by atoms with Gasteiger partial charge in [0.25, 0.3) is 0 Å². The lowest BCUT2D eigenvalue weighted by Crippen LogP contribution is -2.24. The van der Waals surface area contributed by atoms with E-state index in [1.165, 1.54) is 97.6 Å². The standard InChI is InChI=1S/C21H25N3O.C20H25N3O2.C20H25N3O.C20H23N3O.C18H21N3O2.C17H22N4O2/c1-5-7-14(6-2)17-10-16(19-12(3)24-25-13(19)4)11-18-20(17)23-21(22-18)15-8-9-15;1-5-20(24,6-2)15-9-14(17-11(3)23-25-12(17)4)10-16-18(15)22-19(21-16)13-7-8-13;2*1-5-13(6-2)16-9-15(18-11(3)23-24-12(18)4)10-17-19(16)22-20(21-17)14-7-8-14;1-4-15(22)13-7-12(16-9(2)21-23-10(16)3)8-14-17(13)20-18(19-14)11-5-6-11;1-5-17(22,6-2)12-7-11(14-9(3)21-23-10(14)4)8-13-15(12)20-16(18)19-13/h7,10-11,15H,5-6,8-9H2,1-4H3,(H,22,23);9-10,13,24H,5-8H2,1-4H3,(H,21,22);9-10,13-14H,5-8H2,1-4H3,(H,21,22);5,9-10,14H,6-8H2,1-4H3,(H,21,22);7-8,11,15,22H,4-6H2,1-3H3,(H,19,20);7-8,22H,5-6H2,1-4H3,(H3,18,19,20)/b14-7+;;;13-5-;;. The third-order valence-electron chi connectivity index (χ3n) is 30.2. The molecule has 5 fully saturated rings. The summed E-state index contributed by atoms with van der Waals surface area (Å²) < 4.78 is 32.1. The number of H-pyrrole nitrogens is 6. The Morgan fingerprint density at radius 1 is 0.340 bits per heavy atom. The molecule has 28 nitrogen and oxygen atoms in total. The minimum atomic E-state index is -0.950. The van der Waals surface area contributed by atoms with E-state index in [0.717, 1.165) is 269 Å². The zero-order valence-corrected chi connectivity index (χ0v) is 88.0. The second kappa shape index (κ2) is 41.4. The lowest BCUT2D eigenvalue weighted by Gasteiger charge is -2.26. The number of allylic oxidation sites excluding steroid dienone is 4. The second-order valence-electron chi connectivity index (χ2n) is 40.5. The van der Waals surface area contributed by atoms with Crippen molar-refractivity contribution in [3.8, 4) is 66.8 Å². The molecular weight excluding hydrogens is 1800 g/mol. The first-order chi connectivity index (χ1) is 69.3. The summed E-state index contributed by atoms with van der Waals surface area (Å²) in [7, 11) is 0. The quantitative estimate of drug-likeness (QED) is 0.0229. The van der Waals surface area contributed by atoms with E-state index in [9.17, 15) is 15.3 Å². The monoisotopic (exact) mass is 1940 g/mol. The van der Waals surface area contributed by atoms with Gasteiger partial charge >= 0.3 is 0 Å². The molecule has 0 aliphatic heterocycles. The number of aliphatic hydroxyl groups excluding tert-OH is 1. The Labute approximate surface area is 840 Å². The third kappa shape index (κ3) is 20.1. The van der Waals surface area contributed by atoms with E-state index in [4.69, 9.17) is 57.8 Å². The first-order valence-electron chi connectivity index (χ1n) is 52.4. The molecule has 0 spiro atoms. The van der Waals surface area contributed by atoms with Crippen LogP contribution in [-0.2, 0) is 11.2 Å². The number of hydrogen-bond donors (Lipinski definition) is 10. The Kier molecular flexibility index (Phi) is 28.9. The van der Waals surface area contributed by atoms with Gasteiger partial charge in [0.15, 0.2) is 5.95 Å². The molecule has 1 atom stereocenters. The summed E-state index contributed by atoms with van der Waals surface area (Å²) in [5.41, 5.74) is 43.1. The van der Waals surface area contributed by atoms with Crippen molar-refractivity contribution in [2.24, 2.45) is 0 Å². The van der Waals surface area contributed by atoms with Crippen LogP contribution in [0.2, 0.25) is 0 Å². The first kappa shape index (κ1) is 101. The number of fused-ring (bicyclic) bond motifs is 6. The molecule has 12 aromatic heterocycles. The number of imidazole rings is 6. The largest absolute Gasteiger partial charge is 0.388 e. The zero-order chi connectivity index (χ0) is 102. The molecule has 11 N–H and O–H groups in total. The summed E-state index contributed by atoms with van der Waals surface area (Å²) in [6.45, 7) is 46.6. The van der Waals surface area contributed by atoms with Gasteiger partial charge < -0.3 is 78.1 Å². The van der Waals surface area contributed by atoms with Gasteiger partial charge in [0.1, 0.15) is 63.7 Å². The highest BCUT2D eigenvalue weighted by Gasteiger charge is 2.38. The molecule has 5 aliphatic carbocycles. The predicted molar refractivity (Wildman–Crippen MR) is 571 cm³/mol. The zero-order valence-electron chi connectivity index (χ0n) is 88.0. The highest BCUT2D eigenvalue weighted by Crippen LogP contribution is 2.50. The van der Waals surface area contributed by atoms with Gasteiger partial charge in [-0.2, -0.15) is 0 Å². The number of rotatable bonds is 27. The fourth-order valence-electron chi connectivity index (χ4n) is 21.1. The van der Waals surface area contributed by atoms with Crippen LogP contribution < -0.4 is 5.73 Å². The summed E-state index contributed by atoms with van der Waals surface area (Å²) in [5.74, 6) is 14.3. The maximum absolute atomic E-state index is 11.2. The fourth-order valence-corrected chi connectivity index (χ4v) is 21.1. The van der Waals surface area contributed by atoms with Gasteiger partial charge in [-0.1, -0.05) is 112 Å². The number of nitrogens with zero attached hydrogens (tertiary/aromatic N) is 12. The van der Waals surface area contributed by atoms with Crippen LogP contribution in [0.1, 0.15) is 377 Å². The van der Waals surface area contributed by atoms with Crippen LogP contribution in [0.5, 0.6) is 0 Å². The molecular formula is C116H141N19O9. The lowest BCUT2D eigenvalue weighted by atomic mass is 9.85. The van der Waals surface area contributed by atoms with E-state index >= 15 is 0 Å². The van der Waals surface area contributed by atoms with Crippen molar-refractivity contribution in [3.63, 3.8) is 0 Å². The first-order valence-corrected chi connectivity index (χ1v) is 52.4. The molecule has 0 radical (unpaired) electrons. The highest BCUT2D eigenvalue weighted by atomic mass is 16.5. The molecule has 144 heavy (non-hydrogen) atoms. The summed E-state index contributed by atoms with van der Waals surface area (Å²) in [4.78, 5) is 49.5. The smallest absolute Gasteiger partial charge is 0.198 e. The average molecular weight is 1950 g/mol. The van der Waals surface area contributed by atoms with Crippen LogP contribution in [0.3, 0.4) is 0 Å². The molecule has 754 valence electrons. The number of benzene rings is 6. The van der Waals surface area contributed by atoms with Crippen molar-refractivity contribution < 1.29 is 42.5 Å². The molecule has 12 heterocycles. The number of aliphatic hydroxyl groups is 3. The summed E-state index contributed by atoms with van der Waals surface area (Å²) in [5, 5.41) is 57.3. The lowest BCUT2D eigenvalue weighted by molar-refractivity contribution is 0.0294. The number of aromatic nitrogens is 18. The van der Waals surface area contributed by atoms with E-state index < -0.39 is 17.3 Å². The number of nitrogen functional groups attached to an aromatic ring is 1. The normalized spacial score (nSPS) is 14.9. The average Bonchev–Trinajstić information content (AvgIpc) is 1.59. The Morgan fingerprint density at radius 3 is 0.882 bits per heavy atom. The highest BCUT2D eigenvalue weighted by molar-refractivity contribution is 5.97. The topological polar surface area (TPSA) is 415 Å². The van der Waals surface area contributed by atoms with Gasteiger partial charge in [-0.05, 0) is 347 Å². The van der Waals surface area contributed by atoms with Gasteiger partial charge in [0.05, 0.1) is 118 Å². The Morgan fingerprint density at radius 2 is 0.604 bits per heavy atom. The van der Waals surface area contributed by atoms with Crippen LogP contribution in [0.15, 0.2) is 112 Å². The molecule has 28 heteroatoms. The molecule has 18 aromatic rings. The van der Waals surface area contributed by atoms with Gasteiger partial charge in [0, 0.05) is 90.8 Å². The molecule has 0 amide bonds. The maximum Gasteiger partial charge on any atom is 0.198 e. The van der Waals surface area contributed by atoms with Crippen LogP contribution in [0.4, 0.5) is 5.95 Å². The van der Waals surface area contributed by atoms with Crippen molar-refractivity contribution in [1.82, 2.24) is 90.7 Å². The van der Waals surface area contributed by atoms with Gasteiger partial charge in [-0.25, -0.2) is 29.9 Å². The van der Waals surface area contributed by atoms with Crippen molar-refractivity contribution in [1.29, 1.82) is 0 Å². The molecule has 1 unspecified atom stereocenters. The Bertz CT molecular complexity index is 7670. The number of aryl methyl sites for hydroxylation is 12. The molecule has 5 aliphatic rings. The summed E-state index contributed by atoms with van der Waals surface area (Å²) in [6, 6.07) is 25.7. The van der Waals surface area contributed by atoms with Gasteiger partial charge in [0.2, 0.25) is 0 Å². The van der Waals surface area contributed by atoms with Crippen molar-refractivity contribution >= 4 is 83.3 Å². The van der Waals surface area contributed by atoms with E-state index in [0.29, 0.717) is 79.1 Å². The minimum Gasteiger partial charge on any atom is -0.388 e. The molecule has 6 aromatic carbocycles. The van der Waals surface area contributed by atoms with Crippen LogP contribution >= 0.6 is 0 Å². The molecule has 0 bridgehead atoms. The third-order valence-corrected chi connectivity index (χ3v) is 30.2. The van der Waals surface area contributed by atoms with E-state index in [-0.39, 0.29) is 0 Å². The Balaban J connectivity index is 0.000000114. The van der Waals surface area contributed by atoms with Crippen molar-refractivity contribution in [3.05, 3.63) is 216 Å². The predicted octanol–water partition coefficient (Wildman–Crippen LogP) is 29.4. The number of aromatic amines is 6. The van der Waals surface area contributed by atoms with Crippen molar-refractivity contribution in [2.45, 2.75) is 340 Å². The van der Waals surface area contributed by atoms with E-state index in [1.54, 1.807) is 0 Å². The molecule has 5 saturated carbocycles. The number of nitrogens with two attached hydrogens (primary N) is 1. The molecule has 0 saturated heterocycles. The minimum absolute atomic E-state index is 0.340. The maximum atomic E-state index is 11.2. The summed E-state index contributed by atoms with van der Waals surface area (Å²) >= 11 is 0. The fraction of sp³-hybridized carbons (Fsp3) is 0.448. The van der Waals surface area contributed by atoms with Crippen LogP contribution in [-0.4, -0.2) is 106 Å². The van der Waals surface area contributed by atoms with E-state index in [1.807, 2.05) is 136 Å². The Hall–Kier alpha value is -13.4. The number of nitrogens with one attached hydrogen (secondary N) is 6. The van der Waals surface area contributed by atoms with Gasteiger partial charge in [-0.3, -0.25) is 0 Å². The number of hydrogen-bond acceptors (Lipinski definition) is 22. The SMILES string of the molecule is C/C=C(/CC)c1cc(-c2c(C)noc2C)cc2[nH]c(C3CC3)nc12.CC/C=C(\CC)c1cc(-c2c(C)noc2C)cc2[nH]c(C3CC3)nc12.CCC(CC)c1cc(-c2c(C)noc2C)cc2[nH]c(C3CC3)nc12.CCC(O)(CC)c1cc(-c2c(C)noc2C)cc2[nH]c(C3CC3)nc12.CCC(O)(CC)c1cc(-c2c(C)noc2C)cc2[nH]c(N)nc12.CCC(O)c1cc(-c2c(C)noc2C)cc2[nH]c(C3CC3)nc12.